The van der Waals surface area contributed by atoms with Crippen LogP contribution in [-0.2, 0) is 0 Å². The van der Waals surface area contributed by atoms with Gasteiger partial charge in [0.2, 0.25) is 0 Å². The fourth-order valence-corrected chi connectivity index (χ4v) is 2.73. The summed E-state index contributed by atoms with van der Waals surface area (Å²) < 4.78 is 5.63. The van der Waals surface area contributed by atoms with Crippen LogP contribution in [0, 0.1) is 6.92 Å². The quantitative estimate of drug-likeness (QED) is 0.839. The zero-order valence-electron chi connectivity index (χ0n) is 13.4. The molecule has 0 radical (unpaired) electrons. The zero-order chi connectivity index (χ0) is 15.2. The number of hydrogen-bond donors (Lipinski definition) is 2. The highest BCUT2D eigenvalue weighted by molar-refractivity contribution is 5.27. The number of benzene rings is 1. The van der Waals surface area contributed by atoms with Gasteiger partial charge >= 0.3 is 0 Å². The second-order valence-corrected chi connectivity index (χ2v) is 6.24. The summed E-state index contributed by atoms with van der Waals surface area (Å²) >= 11 is 0. The van der Waals surface area contributed by atoms with E-state index in [2.05, 4.69) is 24.2 Å². The molecule has 1 saturated heterocycles. The Morgan fingerprint density at radius 3 is 3.00 bits per heavy atom. The van der Waals surface area contributed by atoms with Crippen molar-refractivity contribution in [1.82, 2.24) is 10.2 Å². The highest BCUT2D eigenvalue weighted by atomic mass is 16.5. The molecule has 0 saturated carbocycles. The van der Waals surface area contributed by atoms with Gasteiger partial charge in [0.15, 0.2) is 0 Å². The molecule has 2 N–H and O–H groups in total. The number of aliphatic hydroxyl groups is 1. The molecule has 21 heavy (non-hydrogen) atoms. The minimum absolute atomic E-state index is 0.332. The number of piperidine rings is 1. The molecule has 0 aromatic heterocycles. The SMILES string of the molecule is Cc1cccc(OCC(O)CNC2CCN(C)C(C)C2)c1. The van der Waals surface area contributed by atoms with Gasteiger partial charge in [-0.05, 0) is 58.0 Å². The van der Waals surface area contributed by atoms with Gasteiger partial charge in [0.05, 0.1) is 0 Å². The van der Waals surface area contributed by atoms with Crippen molar-refractivity contribution >= 4 is 0 Å². The topological polar surface area (TPSA) is 44.7 Å². The van der Waals surface area contributed by atoms with Crippen LogP contribution in [0.2, 0.25) is 0 Å². The standard InChI is InChI=1S/C17H28N2O2/c1-13-5-4-6-17(9-13)21-12-16(20)11-18-15-7-8-19(3)14(2)10-15/h4-6,9,14-16,18,20H,7-8,10-12H2,1-3H3. The van der Waals surface area contributed by atoms with E-state index >= 15 is 0 Å². The van der Waals surface area contributed by atoms with Crippen molar-refractivity contribution in [3.63, 3.8) is 0 Å². The number of aliphatic hydroxyl groups excluding tert-OH is 1. The smallest absolute Gasteiger partial charge is 0.119 e. The van der Waals surface area contributed by atoms with Gasteiger partial charge in [-0.25, -0.2) is 0 Å². The predicted molar refractivity (Wildman–Crippen MR) is 85.8 cm³/mol. The van der Waals surface area contributed by atoms with Gasteiger partial charge in [-0.1, -0.05) is 12.1 Å². The summed E-state index contributed by atoms with van der Waals surface area (Å²) in [5, 5.41) is 13.5. The number of rotatable bonds is 6. The number of ether oxygens (including phenoxy) is 1. The van der Waals surface area contributed by atoms with Crippen LogP contribution in [0.4, 0.5) is 0 Å². The van der Waals surface area contributed by atoms with Crippen LogP contribution >= 0.6 is 0 Å². The molecular formula is C17H28N2O2. The largest absolute Gasteiger partial charge is 0.491 e. The fraction of sp³-hybridized carbons (Fsp3) is 0.647. The Morgan fingerprint density at radius 1 is 1.48 bits per heavy atom. The minimum Gasteiger partial charge on any atom is -0.491 e. The average molecular weight is 292 g/mol. The Kier molecular flexibility index (Phi) is 6.03. The van der Waals surface area contributed by atoms with Crippen LogP contribution in [0.5, 0.6) is 5.75 Å². The molecule has 3 unspecified atom stereocenters. The second-order valence-electron chi connectivity index (χ2n) is 6.24. The molecule has 3 atom stereocenters. The van der Waals surface area contributed by atoms with Gasteiger partial charge in [0.25, 0.3) is 0 Å². The first-order valence-corrected chi connectivity index (χ1v) is 7.85. The third-order valence-electron chi connectivity index (χ3n) is 4.28. The minimum atomic E-state index is -0.472. The predicted octanol–water partition coefficient (Wildman–Crippen LogP) is 1.81. The monoisotopic (exact) mass is 292 g/mol. The van der Waals surface area contributed by atoms with Gasteiger partial charge in [-0.3, -0.25) is 0 Å². The van der Waals surface area contributed by atoms with Crippen molar-refractivity contribution < 1.29 is 9.84 Å². The first-order valence-electron chi connectivity index (χ1n) is 7.85. The lowest BCUT2D eigenvalue weighted by molar-refractivity contribution is 0.0953. The van der Waals surface area contributed by atoms with E-state index in [1.165, 1.54) is 5.56 Å². The normalized spacial score (nSPS) is 24.8. The molecule has 4 nitrogen and oxygen atoms in total. The number of aryl methyl sites for hydroxylation is 1. The third-order valence-corrected chi connectivity index (χ3v) is 4.28. The van der Waals surface area contributed by atoms with E-state index in [0.717, 1.165) is 25.1 Å². The lowest BCUT2D eigenvalue weighted by Gasteiger charge is -2.35. The Bertz CT molecular complexity index is 439. The van der Waals surface area contributed by atoms with Crippen molar-refractivity contribution in [2.75, 3.05) is 26.7 Å². The molecule has 118 valence electrons. The molecular weight excluding hydrogens is 264 g/mol. The van der Waals surface area contributed by atoms with E-state index in [-0.39, 0.29) is 0 Å². The number of nitrogens with one attached hydrogen (secondary N) is 1. The summed E-state index contributed by atoms with van der Waals surface area (Å²) in [5.74, 6) is 0.821. The summed E-state index contributed by atoms with van der Waals surface area (Å²) in [6.07, 6.45) is 1.81. The third kappa shape index (κ3) is 5.30. The van der Waals surface area contributed by atoms with Crippen LogP contribution in [0.15, 0.2) is 24.3 Å². The molecule has 4 heteroatoms. The van der Waals surface area contributed by atoms with Crippen molar-refractivity contribution in [2.24, 2.45) is 0 Å². The van der Waals surface area contributed by atoms with E-state index in [1.54, 1.807) is 0 Å². The maximum atomic E-state index is 10.0. The van der Waals surface area contributed by atoms with E-state index < -0.39 is 6.10 Å². The maximum absolute atomic E-state index is 10.0. The summed E-state index contributed by atoms with van der Waals surface area (Å²) in [4.78, 5) is 2.38. The molecule has 1 heterocycles. The molecule has 0 spiro atoms. The van der Waals surface area contributed by atoms with Crippen molar-refractivity contribution in [1.29, 1.82) is 0 Å². The van der Waals surface area contributed by atoms with Gasteiger partial charge < -0.3 is 20.1 Å². The zero-order valence-corrected chi connectivity index (χ0v) is 13.4. The van der Waals surface area contributed by atoms with Crippen LogP contribution in [0.1, 0.15) is 25.3 Å². The van der Waals surface area contributed by atoms with Crippen LogP contribution in [0.3, 0.4) is 0 Å². The second kappa shape index (κ2) is 7.78. The van der Waals surface area contributed by atoms with Gasteiger partial charge in [-0.15, -0.1) is 0 Å². The number of hydrogen-bond acceptors (Lipinski definition) is 4. The van der Waals surface area contributed by atoms with E-state index in [1.807, 2.05) is 31.2 Å². The summed E-state index contributed by atoms with van der Waals surface area (Å²) in [7, 11) is 2.17. The average Bonchev–Trinajstić information content (AvgIpc) is 2.46. The first kappa shape index (κ1) is 16.3. The molecule has 1 aromatic rings. The molecule has 1 aliphatic heterocycles. The lowest BCUT2D eigenvalue weighted by Crippen LogP contribution is -2.47. The van der Waals surface area contributed by atoms with Crippen LogP contribution in [0.25, 0.3) is 0 Å². The first-order chi connectivity index (χ1) is 10.0. The molecule has 0 amide bonds. The Hall–Kier alpha value is -1.10. The van der Waals surface area contributed by atoms with E-state index in [4.69, 9.17) is 4.74 Å². The highest BCUT2D eigenvalue weighted by Gasteiger charge is 2.22. The molecule has 0 aliphatic carbocycles. The van der Waals surface area contributed by atoms with Crippen LogP contribution < -0.4 is 10.1 Å². The Morgan fingerprint density at radius 2 is 2.29 bits per heavy atom. The fourth-order valence-electron chi connectivity index (χ4n) is 2.73. The van der Waals surface area contributed by atoms with E-state index in [9.17, 15) is 5.11 Å². The van der Waals surface area contributed by atoms with Gasteiger partial charge in [0, 0.05) is 18.6 Å². The van der Waals surface area contributed by atoms with Crippen molar-refractivity contribution in [3.8, 4) is 5.75 Å². The highest BCUT2D eigenvalue weighted by Crippen LogP contribution is 2.15. The molecule has 0 bridgehead atoms. The molecule has 1 aromatic carbocycles. The number of nitrogens with zero attached hydrogens (tertiary/aromatic N) is 1. The Labute approximate surface area is 128 Å². The van der Waals surface area contributed by atoms with Crippen LogP contribution in [-0.4, -0.2) is 54.9 Å². The Balaban J connectivity index is 1.67. The maximum Gasteiger partial charge on any atom is 0.119 e. The van der Waals surface area contributed by atoms with Crippen molar-refractivity contribution in [2.45, 2.75) is 44.9 Å². The molecule has 1 fully saturated rings. The molecule has 2 rings (SSSR count). The van der Waals surface area contributed by atoms with Crippen molar-refractivity contribution in [3.05, 3.63) is 29.8 Å². The summed E-state index contributed by atoms with van der Waals surface area (Å²) in [6, 6.07) is 9.02. The van der Waals surface area contributed by atoms with Gasteiger partial charge in [-0.2, -0.15) is 0 Å². The summed E-state index contributed by atoms with van der Waals surface area (Å²) in [5.41, 5.74) is 1.17. The van der Waals surface area contributed by atoms with E-state index in [0.29, 0.717) is 25.2 Å². The summed E-state index contributed by atoms with van der Waals surface area (Å²) in [6.45, 7) is 6.33. The number of likely N-dealkylation sites (tertiary alicyclic amines) is 1. The van der Waals surface area contributed by atoms with Gasteiger partial charge in [0.1, 0.15) is 18.5 Å². The lowest BCUT2D eigenvalue weighted by atomic mass is 9.99. The molecule has 1 aliphatic rings.